The van der Waals surface area contributed by atoms with E-state index >= 15 is 0 Å². The number of hydrogen-bond donors (Lipinski definition) is 2. The molecule has 1 unspecified atom stereocenters. The molecule has 0 aliphatic carbocycles. The SMILES string of the molecule is CN1CCCC1CCNC(=O)CCS(C)(=O)=O.O=CO. The van der Waals surface area contributed by atoms with Gasteiger partial charge in [0.15, 0.2) is 0 Å². The third-order valence-electron chi connectivity index (χ3n) is 3.17. The summed E-state index contributed by atoms with van der Waals surface area (Å²) in [7, 11) is -0.937. The number of amides is 1. The minimum Gasteiger partial charge on any atom is -0.483 e. The van der Waals surface area contributed by atoms with Crippen molar-refractivity contribution < 1.29 is 23.1 Å². The highest BCUT2D eigenvalue weighted by Crippen LogP contribution is 2.16. The second-order valence-electron chi connectivity index (χ2n) is 4.90. The van der Waals surface area contributed by atoms with E-state index in [0.29, 0.717) is 12.6 Å². The Morgan fingerprint density at radius 3 is 2.55 bits per heavy atom. The van der Waals surface area contributed by atoms with Crippen LogP contribution in [0.4, 0.5) is 0 Å². The third kappa shape index (κ3) is 9.74. The van der Waals surface area contributed by atoms with Gasteiger partial charge in [-0.05, 0) is 32.9 Å². The first-order valence-electron chi connectivity index (χ1n) is 6.52. The molecule has 1 saturated heterocycles. The number of hydrogen-bond acceptors (Lipinski definition) is 5. The van der Waals surface area contributed by atoms with Gasteiger partial charge in [0, 0.05) is 25.3 Å². The molecule has 0 aromatic carbocycles. The summed E-state index contributed by atoms with van der Waals surface area (Å²) >= 11 is 0. The van der Waals surface area contributed by atoms with Gasteiger partial charge in [0.25, 0.3) is 6.47 Å². The van der Waals surface area contributed by atoms with Crippen LogP contribution in [0.1, 0.15) is 25.7 Å². The fourth-order valence-corrected chi connectivity index (χ4v) is 2.64. The van der Waals surface area contributed by atoms with E-state index in [1.165, 1.54) is 12.8 Å². The highest BCUT2D eigenvalue weighted by molar-refractivity contribution is 7.90. The molecule has 8 heteroatoms. The zero-order valence-corrected chi connectivity index (χ0v) is 12.9. The van der Waals surface area contributed by atoms with Crippen molar-refractivity contribution in [3.05, 3.63) is 0 Å². The predicted octanol–water partition coefficient (Wildman–Crippen LogP) is -0.278. The lowest BCUT2D eigenvalue weighted by atomic mass is 10.1. The van der Waals surface area contributed by atoms with Crippen LogP contribution in [0.3, 0.4) is 0 Å². The molecule has 0 saturated carbocycles. The van der Waals surface area contributed by atoms with E-state index in [1.54, 1.807) is 0 Å². The third-order valence-corrected chi connectivity index (χ3v) is 4.12. The maximum atomic E-state index is 11.4. The number of nitrogens with zero attached hydrogens (tertiary/aromatic N) is 1. The molecule has 1 aliphatic rings. The molecule has 1 atom stereocenters. The Morgan fingerprint density at radius 1 is 1.50 bits per heavy atom. The van der Waals surface area contributed by atoms with Crippen LogP contribution < -0.4 is 5.32 Å². The van der Waals surface area contributed by atoms with Crippen molar-refractivity contribution in [1.82, 2.24) is 10.2 Å². The number of carboxylic acid groups (broad SMARTS) is 1. The van der Waals surface area contributed by atoms with Crippen LogP contribution in [0, 0.1) is 0 Å². The summed E-state index contributed by atoms with van der Waals surface area (Å²) in [6.07, 6.45) is 4.58. The summed E-state index contributed by atoms with van der Waals surface area (Å²) in [6.45, 7) is 1.52. The first-order valence-corrected chi connectivity index (χ1v) is 8.58. The van der Waals surface area contributed by atoms with Crippen LogP contribution in [-0.2, 0) is 19.4 Å². The van der Waals surface area contributed by atoms with Gasteiger partial charge in [0.2, 0.25) is 5.91 Å². The predicted molar refractivity (Wildman–Crippen MR) is 76.3 cm³/mol. The molecule has 1 fully saturated rings. The van der Waals surface area contributed by atoms with E-state index in [-0.39, 0.29) is 24.6 Å². The van der Waals surface area contributed by atoms with Gasteiger partial charge >= 0.3 is 0 Å². The average Bonchev–Trinajstić information content (AvgIpc) is 2.73. The van der Waals surface area contributed by atoms with Gasteiger partial charge in [-0.3, -0.25) is 9.59 Å². The van der Waals surface area contributed by atoms with Gasteiger partial charge < -0.3 is 15.3 Å². The Labute approximate surface area is 120 Å². The van der Waals surface area contributed by atoms with Crippen molar-refractivity contribution in [2.45, 2.75) is 31.7 Å². The van der Waals surface area contributed by atoms with Crippen molar-refractivity contribution >= 4 is 22.2 Å². The molecule has 0 aromatic rings. The second-order valence-corrected chi connectivity index (χ2v) is 7.16. The van der Waals surface area contributed by atoms with Gasteiger partial charge in [-0.1, -0.05) is 0 Å². The smallest absolute Gasteiger partial charge is 0.290 e. The summed E-state index contributed by atoms with van der Waals surface area (Å²) in [4.78, 5) is 22.0. The number of carbonyl (C=O) groups excluding carboxylic acids is 1. The van der Waals surface area contributed by atoms with Gasteiger partial charge in [0.1, 0.15) is 9.84 Å². The fourth-order valence-electron chi connectivity index (χ4n) is 2.09. The van der Waals surface area contributed by atoms with Crippen LogP contribution in [0.25, 0.3) is 0 Å². The topological polar surface area (TPSA) is 104 Å². The van der Waals surface area contributed by atoms with Crippen molar-refractivity contribution in [3.63, 3.8) is 0 Å². The molecule has 0 radical (unpaired) electrons. The van der Waals surface area contributed by atoms with Crippen molar-refractivity contribution in [1.29, 1.82) is 0 Å². The summed E-state index contributed by atoms with van der Waals surface area (Å²) in [5, 5.41) is 9.66. The molecule has 1 aliphatic heterocycles. The highest BCUT2D eigenvalue weighted by Gasteiger charge is 2.20. The molecule has 20 heavy (non-hydrogen) atoms. The van der Waals surface area contributed by atoms with Gasteiger partial charge in [-0.25, -0.2) is 8.42 Å². The zero-order valence-electron chi connectivity index (χ0n) is 12.0. The van der Waals surface area contributed by atoms with Crippen LogP contribution in [0.5, 0.6) is 0 Å². The monoisotopic (exact) mass is 308 g/mol. The van der Waals surface area contributed by atoms with E-state index in [9.17, 15) is 13.2 Å². The van der Waals surface area contributed by atoms with E-state index in [0.717, 1.165) is 19.2 Å². The van der Waals surface area contributed by atoms with Crippen molar-refractivity contribution in [2.24, 2.45) is 0 Å². The lowest BCUT2D eigenvalue weighted by molar-refractivity contribution is -0.123. The Bertz CT molecular complexity index is 397. The fraction of sp³-hybridized carbons (Fsp3) is 0.833. The van der Waals surface area contributed by atoms with E-state index in [1.807, 2.05) is 0 Å². The maximum absolute atomic E-state index is 11.4. The first kappa shape index (κ1) is 18.9. The maximum Gasteiger partial charge on any atom is 0.290 e. The van der Waals surface area contributed by atoms with Gasteiger partial charge in [-0.15, -0.1) is 0 Å². The number of rotatable bonds is 6. The van der Waals surface area contributed by atoms with Crippen molar-refractivity contribution in [2.75, 3.05) is 32.1 Å². The molecule has 2 N–H and O–H groups in total. The summed E-state index contributed by atoms with van der Waals surface area (Å²) in [6, 6.07) is 0.560. The number of carbonyl (C=O) groups is 2. The van der Waals surface area contributed by atoms with Gasteiger partial charge in [0.05, 0.1) is 5.75 Å². The summed E-state index contributed by atoms with van der Waals surface area (Å²) < 4.78 is 21.7. The van der Waals surface area contributed by atoms with Crippen LogP contribution in [0.2, 0.25) is 0 Å². The highest BCUT2D eigenvalue weighted by atomic mass is 32.2. The quantitative estimate of drug-likeness (QED) is 0.654. The summed E-state index contributed by atoms with van der Waals surface area (Å²) in [5.41, 5.74) is 0. The van der Waals surface area contributed by atoms with Crippen LogP contribution >= 0.6 is 0 Å². The van der Waals surface area contributed by atoms with E-state index in [2.05, 4.69) is 17.3 Å². The molecule has 118 valence electrons. The standard InChI is InChI=1S/C11H22N2O3S.CH2O2/c1-13-8-3-4-10(13)5-7-12-11(14)6-9-17(2,15)16;2-1-3/h10H,3-9H2,1-2H3,(H,12,14);1H,(H,2,3). The lowest BCUT2D eigenvalue weighted by Crippen LogP contribution is -2.32. The number of nitrogens with one attached hydrogen (secondary N) is 1. The zero-order chi connectivity index (χ0) is 15.6. The largest absolute Gasteiger partial charge is 0.483 e. The number of sulfone groups is 1. The first-order chi connectivity index (χ1) is 9.30. The lowest BCUT2D eigenvalue weighted by Gasteiger charge is -2.19. The van der Waals surface area contributed by atoms with Crippen LogP contribution in [-0.4, -0.2) is 69.0 Å². The Hall–Kier alpha value is -1.15. The average molecular weight is 308 g/mol. The second kappa shape index (κ2) is 9.71. The normalized spacial score (nSPS) is 19.0. The Morgan fingerprint density at radius 2 is 2.10 bits per heavy atom. The molecular weight excluding hydrogens is 284 g/mol. The molecule has 7 nitrogen and oxygen atoms in total. The summed E-state index contributed by atoms with van der Waals surface area (Å²) in [5.74, 6) is -0.238. The molecule has 0 bridgehead atoms. The molecule has 1 amide bonds. The molecule has 0 spiro atoms. The van der Waals surface area contributed by atoms with E-state index in [4.69, 9.17) is 9.90 Å². The minimum absolute atomic E-state index is 0.0673. The molecule has 1 heterocycles. The van der Waals surface area contributed by atoms with Gasteiger partial charge in [-0.2, -0.15) is 0 Å². The Kier molecular flexibility index (Phi) is 9.15. The van der Waals surface area contributed by atoms with E-state index < -0.39 is 9.84 Å². The Balaban J connectivity index is 0.00000110. The molecular formula is C12H24N2O5S. The van der Waals surface area contributed by atoms with Crippen molar-refractivity contribution in [3.8, 4) is 0 Å². The molecule has 1 rings (SSSR count). The number of likely N-dealkylation sites (tertiary alicyclic amines) is 1. The van der Waals surface area contributed by atoms with Crippen LogP contribution in [0.15, 0.2) is 0 Å². The minimum atomic E-state index is -3.04. The molecule has 0 aromatic heterocycles.